The second-order valence-electron chi connectivity index (χ2n) is 27.3. The largest absolute Gasteiger partial charge is 2.00 e. The van der Waals surface area contributed by atoms with E-state index in [4.69, 9.17) is 0 Å². The standard InChI is InChI=1S/4C18H17NO4.2Rh/c4*1-18(2,3)14(17(22)23)19-15(20)12-8-10-6-4-5-7-11(10)9-13(12)16(19)21;;/h4*4-9,14H,1-3H3,(H,22,23);;/q;;;;2*+2/p-4. The molecular formula is C72H64N4O16Rh2. The number of carboxylic acids is 4. The van der Waals surface area contributed by atoms with Gasteiger partial charge in [-0.3, -0.25) is 58.0 Å². The summed E-state index contributed by atoms with van der Waals surface area (Å²) in [5, 5.41) is 52.8. The van der Waals surface area contributed by atoms with Crippen molar-refractivity contribution >= 4 is 114 Å². The number of fused-ring (bicyclic) bond motifs is 8. The number of carbonyl (C=O) groups is 12. The van der Waals surface area contributed by atoms with Gasteiger partial charge in [0.1, 0.15) is 0 Å². The van der Waals surface area contributed by atoms with E-state index in [9.17, 15) is 78.0 Å². The molecule has 486 valence electrons. The first-order valence-corrected chi connectivity index (χ1v) is 29.3. The molecule has 0 saturated carbocycles. The summed E-state index contributed by atoms with van der Waals surface area (Å²) in [6.45, 7) is 19.9. The van der Waals surface area contributed by atoms with Crippen molar-refractivity contribution in [3.8, 4) is 0 Å². The van der Waals surface area contributed by atoms with Crippen LogP contribution in [-0.4, -0.2) is 115 Å². The average molecular weight is 1450 g/mol. The second-order valence-corrected chi connectivity index (χ2v) is 27.3. The second kappa shape index (κ2) is 26.5. The first-order chi connectivity index (χ1) is 42.9. The van der Waals surface area contributed by atoms with Crippen molar-refractivity contribution in [1.29, 1.82) is 0 Å². The molecule has 8 aromatic carbocycles. The summed E-state index contributed by atoms with van der Waals surface area (Å²) in [6, 6.07) is 37.3. The van der Waals surface area contributed by atoms with Crippen LogP contribution in [-0.2, 0) is 58.1 Å². The molecule has 4 aliphatic heterocycles. The van der Waals surface area contributed by atoms with Gasteiger partial charge in [0.2, 0.25) is 0 Å². The Balaban J connectivity index is 0.000000176. The van der Waals surface area contributed by atoms with Gasteiger partial charge in [-0.2, -0.15) is 0 Å². The van der Waals surface area contributed by atoms with Crippen LogP contribution >= 0.6 is 0 Å². The summed E-state index contributed by atoms with van der Waals surface area (Å²) in [7, 11) is 0. The predicted octanol–water partition coefficient (Wildman–Crippen LogP) is 6.40. The van der Waals surface area contributed by atoms with Crippen molar-refractivity contribution < 1.29 is 117 Å². The zero-order chi connectivity index (χ0) is 67.8. The fourth-order valence-corrected chi connectivity index (χ4v) is 12.1. The number of hydrogen-bond donors (Lipinski definition) is 0. The molecule has 20 nitrogen and oxygen atoms in total. The van der Waals surface area contributed by atoms with Crippen molar-refractivity contribution in [3.05, 3.63) is 190 Å². The summed E-state index contributed by atoms with van der Waals surface area (Å²) in [5.41, 5.74) is -1.39. The summed E-state index contributed by atoms with van der Waals surface area (Å²) < 4.78 is 0. The molecule has 4 aliphatic rings. The number of carboxylic acid groups (broad SMARTS) is 4. The molecule has 12 rings (SSSR count). The van der Waals surface area contributed by atoms with E-state index in [2.05, 4.69) is 0 Å². The topological polar surface area (TPSA) is 310 Å². The third-order valence-electron chi connectivity index (χ3n) is 16.3. The van der Waals surface area contributed by atoms with Crippen molar-refractivity contribution in [2.45, 2.75) is 107 Å². The van der Waals surface area contributed by atoms with Gasteiger partial charge in [0.05, 0.1) is 92.6 Å². The van der Waals surface area contributed by atoms with Crippen LogP contribution in [0.4, 0.5) is 0 Å². The van der Waals surface area contributed by atoms with Crippen LogP contribution in [0.2, 0.25) is 0 Å². The van der Waals surface area contributed by atoms with E-state index < -0.39 is 117 Å². The first-order valence-electron chi connectivity index (χ1n) is 29.3. The fraction of sp³-hybridized carbons (Fsp3) is 0.278. The van der Waals surface area contributed by atoms with Crippen LogP contribution in [0.3, 0.4) is 0 Å². The van der Waals surface area contributed by atoms with E-state index in [0.717, 1.165) is 62.7 Å². The van der Waals surface area contributed by atoms with Crippen molar-refractivity contribution in [2.75, 3.05) is 0 Å². The molecule has 4 atom stereocenters. The fourth-order valence-electron chi connectivity index (χ4n) is 12.1. The Kier molecular flexibility index (Phi) is 20.3. The van der Waals surface area contributed by atoms with Crippen LogP contribution in [0, 0.1) is 21.7 Å². The molecule has 2 radical (unpaired) electrons. The summed E-state index contributed by atoms with van der Waals surface area (Å²) in [5.74, 6) is -10.4. The maximum absolute atomic E-state index is 12.7. The molecule has 4 unspecified atom stereocenters. The Labute approximate surface area is 566 Å². The Bertz CT molecular complexity index is 3760. The maximum atomic E-state index is 12.7. The number of carbonyl (C=O) groups excluding carboxylic acids is 12. The van der Waals surface area contributed by atoms with Crippen LogP contribution in [0.5, 0.6) is 0 Å². The maximum Gasteiger partial charge on any atom is 2.00 e. The Morgan fingerprint density at radius 3 is 0.447 bits per heavy atom. The van der Waals surface area contributed by atoms with Gasteiger partial charge < -0.3 is 39.6 Å². The van der Waals surface area contributed by atoms with Gasteiger partial charge >= 0.3 is 39.0 Å². The number of imide groups is 4. The SMILES string of the molecule is CC(C)(C)C(C(=O)[O-])N1C(=O)c2cc3ccccc3cc2C1=O.CC(C)(C)C(C(=O)[O-])N1C(=O)c2cc3ccccc3cc2C1=O.CC(C)(C)C(C(=O)[O-])N1C(=O)c2cc3ccccc3cc2C1=O.CC(C)(C)C(C(=O)[O-])N1C(=O)c2cc3ccccc3cc2C1=O.[Rh+2].[Rh+2]. The van der Waals surface area contributed by atoms with Crippen molar-refractivity contribution in [1.82, 2.24) is 19.6 Å². The third-order valence-corrected chi connectivity index (χ3v) is 16.3. The van der Waals surface area contributed by atoms with Gasteiger partial charge in [0.15, 0.2) is 0 Å². The molecular weight excluding hydrogens is 1380 g/mol. The first kappa shape index (κ1) is 71.9. The monoisotopic (exact) mass is 1450 g/mol. The third kappa shape index (κ3) is 13.4. The normalized spacial score (nSPS) is 15.5. The number of benzene rings is 8. The minimum absolute atomic E-state index is 0. The molecule has 4 heterocycles. The average Bonchev–Trinajstić information content (AvgIpc) is 1.62. The Morgan fingerprint density at radius 2 is 0.362 bits per heavy atom. The quantitative estimate of drug-likeness (QED) is 0.117. The number of nitrogens with zero attached hydrogens (tertiary/aromatic N) is 4. The zero-order valence-corrected chi connectivity index (χ0v) is 56.4. The van der Waals surface area contributed by atoms with Crippen molar-refractivity contribution in [2.24, 2.45) is 21.7 Å². The van der Waals surface area contributed by atoms with Gasteiger partial charge in [-0.25, -0.2) is 0 Å². The number of amides is 8. The minimum Gasteiger partial charge on any atom is -0.548 e. The molecule has 8 amide bonds. The Morgan fingerprint density at radius 1 is 0.255 bits per heavy atom. The molecule has 0 aliphatic carbocycles. The molecule has 0 spiro atoms. The predicted molar refractivity (Wildman–Crippen MR) is 331 cm³/mol. The van der Waals surface area contributed by atoms with Gasteiger partial charge in [-0.1, -0.05) is 180 Å². The molecule has 0 fully saturated rings. The van der Waals surface area contributed by atoms with E-state index in [1.54, 1.807) is 132 Å². The smallest absolute Gasteiger partial charge is 0.548 e. The van der Waals surface area contributed by atoms with Gasteiger partial charge in [0.25, 0.3) is 47.3 Å². The summed E-state index contributed by atoms with van der Waals surface area (Å²) in [6.07, 6.45) is 0. The number of rotatable bonds is 8. The van der Waals surface area contributed by atoms with Gasteiger partial charge in [-0.15, -0.1) is 0 Å². The van der Waals surface area contributed by atoms with Gasteiger partial charge in [0, 0.05) is 0 Å². The van der Waals surface area contributed by atoms with E-state index >= 15 is 0 Å². The molecule has 0 bridgehead atoms. The van der Waals surface area contributed by atoms with Crippen LogP contribution in [0.1, 0.15) is 166 Å². The number of aliphatic carboxylic acids is 4. The molecule has 0 aromatic heterocycles. The molecule has 8 aromatic rings. The zero-order valence-electron chi connectivity index (χ0n) is 53.2. The molecule has 22 heteroatoms. The molecule has 0 N–H and O–H groups in total. The minimum atomic E-state index is -1.43. The summed E-state index contributed by atoms with van der Waals surface area (Å²) >= 11 is 0. The van der Waals surface area contributed by atoms with E-state index in [1.165, 1.54) is 0 Å². The van der Waals surface area contributed by atoms with Crippen LogP contribution in [0.15, 0.2) is 146 Å². The van der Waals surface area contributed by atoms with E-state index in [0.29, 0.717) is 0 Å². The number of hydrogen-bond acceptors (Lipinski definition) is 16. The summed E-state index contributed by atoms with van der Waals surface area (Å²) in [4.78, 5) is 151. The van der Waals surface area contributed by atoms with E-state index in [-0.39, 0.29) is 83.5 Å². The Hall–Kier alpha value is -9.51. The van der Waals surface area contributed by atoms with Crippen LogP contribution in [0.25, 0.3) is 43.1 Å². The van der Waals surface area contributed by atoms with E-state index in [1.807, 2.05) is 97.1 Å². The van der Waals surface area contributed by atoms with Gasteiger partial charge in [-0.05, 0) is 113 Å². The molecule has 0 saturated heterocycles. The van der Waals surface area contributed by atoms with Crippen molar-refractivity contribution in [3.63, 3.8) is 0 Å². The molecule has 94 heavy (non-hydrogen) atoms. The van der Waals surface area contributed by atoms with Crippen LogP contribution < -0.4 is 20.4 Å².